The van der Waals surface area contributed by atoms with E-state index in [0.29, 0.717) is 16.9 Å². The molecule has 0 amide bonds. The van der Waals surface area contributed by atoms with Gasteiger partial charge in [0, 0.05) is 30.0 Å². The van der Waals surface area contributed by atoms with Gasteiger partial charge in [0.05, 0.1) is 0 Å². The monoisotopic (exact) mass is 390 g/mol. The second-order valence-electron chi connectivity index (χ2n) is 10.8. The van der Waals surface area contributed by atoms with Crippen molar-refractivity contribution in [3.63, 3.8) is 0 Å². The summed E-state index contributed by atoms with van der Waals surface area (Å²) in [6.07, 6.45) is 19.6. The summed E-state index contributed by atoms with van der Waals surface area (Å²) >= 11 is 0. The lowest BCUT2D eigenvalue weighted by Crippen LogP contribution is -2.55. The van der Waals surface area contributed by atoms with Crippen molar-refractivity contribution < 1.29 is 0 Å². The van der Waals surface area contributed by atoms with Crippen LogP contribution in [0, 0.1) is 10.8 Å². The van der Waals surface area contributed by atoms with E-state index < -0.39 is 0 Å². The lowest BCUT2D eigenvalue weighted by atomic mass is 9.57. The molecule has 164 valence electrons. The fraction of sp³-hybridized carbons (Fsp3) is 0.923. The molecule has 2 heteroatoms. The van der Waals surface area contributed by atoms with Crippen LogP contribution in [0.1, 0.15) is 105 Å². The Hall–Kier alpha value is -0.340. The predicted molar refractivity (Wildman–Crippen MR) is 125 cm³/mol. The molecule has 2 nitrogen and oxygen atoms in total. The molecule has 0 bridgehead atoms. The third-order valence-corrected chi connectivity index (χ3v) is 7.72. The smallest absolute Gasteiger partial charge is 0.0178 e. The van der Waals surface area contributed by atoms with Crippen LogP contribution in [0.5, 0.6) is 0 Å². The SMILES string of the molecule is CCCCCCCCCCCCN1CC=C2C(C)(C)[C@H](N(C)C)CC[C@]2(C)C1. The minimum Gasteiger partial charge on any atom is -0.306 e. The summed E-state index contributed by atoms with van der Waals surface area (Å²) < 4.78 is 0. The van der Waals surface area contributed by atoms with Crippen molar-refractivity contribution in [1.29, 1.82) is 0 Å². The van der Waals surface area contributed by atoms with Crippen LogP contribution in [0.25, 0.3) is 0 Å². The Morgan fingerprint density at radius 1 is 0.929 bits per heavy atom. The number of unbranched alkanes of at least 4 members (excludes halogenated alkanes) is 9. The van der Waals surface area contributed by atoms with Crippen molar-refractivity contribution in [1.82, 2.24) is 9.80 Å². The lowest BCUT2D eigenvalue weighted by Gasteiger charge is -2.55. The van der Waals surface area contributed by atoms with E-state index in [-0.39, 0.29) is 0 Å². The lowest BCUT2D eigenvalue weighted by molar-refractivity contribution is 0.0495. The molecule has 1 aliphatic heterocycles. The van der Waals surface area contributed by atoms with Crippen LogP contribution in [0.4, 0.5) is 0 Å². The number of rotatable bonds is 12. The van der Waals surface area contributed by atoms with Crippen molar-refractivity contribution in [3.8, 4) is 0 Å². The Labute approximate surface area is 177 Å². The summed E-state index contributed by atoms with van der Waals surface area (Å²) in [6.45, 7) is 13.6. The fourth-order valence-electron chi connectivity index (χ4n) is 6.26. The molecule has 1 aliphatic carbocycles. The van der Waals surface area contributed by atoms with Gasteiger partial charge in [0.15, 0.2) is 0 Å². The Morgan fingerprint density at radius 3 is 2.07 bits per heavy atom. The molecule has 0 N–H and O–H groups in total. The Balaban J connectivity index is 1.69. The molecule has 28 heavy (non-hydrogen) atoms. The van der Waals surface area contributed by atoms with Crippen LogP contribution in [0.3, 0.4) is 0 Å². The molecule has 0 spiro atoms. The van der Waals surface area contributed by atoms with Gasteiger partial charge in [-0.15, -0.1) is 0 Å². The van der Waals surface area contributed by atoms with Gasteiger partial charge in [-0.05, 0) is 39.9 Å². The van der Waals surface area contributed by atoms with Gasteiger partial charge in [-0.25, -0.2) is 0 Å². The molecular formula is C26H50N2. The molecule has 1 saturated carbocycles. The summed E-state index contributed by atoms with van der Waals surface area (Å²) in [5.74, 6) is 0. The molecule has 1 fully saturated rings. The van der Waals surface area contributed by atoms with Crippen LogP contribution in [-0.2, 0) is 0 Å². The molecule has 0 aromatic carbocycles. The van der Waals surface area contributed by atoms with Gasteiger partial charge in [0.25, 0.3) is 0 Å². The van der Waals surface area contributed by atoms with Crippen LogP contribution in [0.15, 0.2) is 11.6 Å². The van der Waals surface area contributed by atoms with Gasteiger partial charge in [-0.2, -0.15) is 0 Å². The third kappa shape index (κ3) is 6.33. The van der Waals surface area contributed by atoms with Gasteiger partial charge in [0.2, 0.25) is 0 Å². The van der Waals surface area contributed by atoms with Gasteiger partial charge in [0.1, 0.15) is 0 Å². The molecule has 0 saturated heterocycles. The standard InChI is InChI=1S/C26H50N2/c1-7-8-9-10-11-12-13-14-15-16-20-28-21-18-23-25(2,3)24(27(5)6)17-19-26(23,4)22-28/h18,24H,7-17,19-22H2,1-6H3/t24-,26-/m1/s1. The second-order valence-corrected chi connectivity index (χ2v) is 10.8. The molecule has 0 aromatic heterocycles. The minimum absolute atomic E-state index is 0.305. The first-order valence-corrected chi connectivity index (χ1v) is 12.4. The maximum atomic E-state index is 2.74. The van der Waals surface area contributed by atoms with E-state index in [1.54, 1.807) is 5.57 Å². The van der Waals surface area contributed by atoms with Crippen molar-refractivity contribution in [2.75, 3.05) is 33.7 Å². The zero-order valence-electron chi connectivity index (χ0n) is 20.2. The maximum Gasteiger partial charge on any atom is 0.0178 e. The molecule has 2 rings (SSSR count). The molecular weight excluding hydrogens is 340 g/mol. The van der Waals surface area contributed by atoms with E-state index in [1.165, 1.54) is 96.7 Å². The Morgan fingerprint density at radius 2 is 1.50 bits per heavy atom. The van der Waals surface area contributed by atoms with E-state index in [0.717, 1.165) is 0 Å². The first-order chi connectivity index (χ1) is 13.3. The molecule has 2 aliphatic rings. The highest BCUT2D eigenvalue weighted by atomic mass is 15.1. The Kier molecular flexibility index (Phi) is 9.54. The van der Waals surface area contributed by atoms with Gasteiger partial charge in [-0.1, -0.05) is 97.1 Å². The second kappa shape index (κ2) is 11.2. The molecule has 0 radical (unpaired) electrons. The van der Waals surface area contributed by atoms with Crippen LogP contribution in [-0.4, -0.2) is 49.6 Å². The average molecular weight is 391 g/mol. The molecule has 0 aromatic rings. The van der Waals surface area contributed by atoms with Gasteiger partial charge >= 0.3 is 0 Å². The quantitative estimate of drug-likeness (QED) is 0.264. The van der Waals surface area contributed by atoms with Crippen molar-refractivity contribution in [3.05, 3.63) is 11.6 Å². The maximum absolute atomic E-state index is 2.74. The fourth-order valence-corrected chi connectivity index (χ4v) is 6.26. The number of nitrogens with zero attached hydrogens (tertiary/aromatic N) is 2. The zero-order chi connectivity index (χ0) is 20.6. The summed E-state index contributed by atoms with van der Waals surface area (Å²) in [4.78, 5) is 5.19. The highest BCUT2D eigenvalue weighted by molar-refractivity contribution is 5.29. The van der Waals surface area contributed by atoms with Crippen LogP contribution in [0.2, 0.25) is 0 Å². The largest absolute Gasteiger partial charge is 0.306 e. The number of hydrogen-bond acceptors (Lipinski definition) is 2. The minimum atomic E-state index is 0.305. The third-order valence-electron chi connectivity index (χ3n) is 7.72. The normalized spacial score (nSPS) is 27.7. The summed E-state index contributed by atoms with van der Waals surface area (Å²) in [7, 11) is 4.52. The first kappa shape index (κ1) is 23.9. The van der Waals surface area contributed by atoms with E-state index >= 15 is 0 Å². The molecule has 0 unspecified atom stereocenters. The van der Waals surface area contributed by atoms with Gasteiger partial charge < -0.3 is 4.90 Å². The van der Waals surface area contributed by atoms with E-state index in [1.807, 2.05) is 0 Å². The van der Waals surface area contributed by atoms with Crippen molar-refractivity contribution >= 4 is 0 Å². The number of hydrogen-bond donors (Lipinski definition) is 0. The summed E-state index contributed by atoms with van der Waals surface area (Å²) in [5.41, 5.74) is 2.44. The van der Waals surface area contributed by atoms with Crippen LogP contribution < -0.4 is 0 Å². The topological polar surface area (TPSA) is 6.48 Å². The van der Waals surface area contributed by atoms with E-state index in [9.17, 15) is 0 Å². The highest BCUT2D eigenvalue weighted by Gasteiger charge is 2.49. The summed E-state index contributed by atoms with van der Waals surface area (Å²) in [5, 5.41) is 0. The van der Waals surface area contributed by atoms with E-state index in [4.69, 9.17) is 0 Å². The van der Waals surface area contributed by atoms with E-state index in [2.05, 4.69) is 57.7 Å². The van der Waals surface area contributed by atoms with Crippen molar-refractivity contribution in [2.24, 2.45) is 10.8 Å². The van der Waals surface area contributed by atoms with Crippen molar-refractivity contribution in [2.45, 2.75) is 111 Å². The zero-order valence-corrected chi connectivity index (χ0v) is 20.2. The first-order valence-electron chi connectivity index (χ1n) is 12.4. The Bertz CT molecular complexity index is 479. The molecule has 2 atom stereocenters. The number of fused-ring (bicyclic) bond motifs is 1. The van der Waals surface area contributed by atoms with Crippen LogP contribution >= 0.6 is 0 Å². The highest BCUT2D eigenvalue weighted by Crippen LogP contribution is 2.53. The molecule has 1 heterocycles. The predicted octanol–water partition coefficient (Wildman–Crippen LogP) is 6.91. The average Bonchev–Trinajstić information content (AvgIpc) is 2.62. The van der Waals surface area contributed by atoms with Gasteiger partial charge in [-0.3, -0.25) is 4.90 Å². The summed E-state index contributed by atoms with van der Waals surface area (Å²) in [6, 6.07) is 0.681.